The fourth-order valence-electron chi connectivity index (χ4n) is 1.19. The Morgan fingerprint density at radius 1 is 1.31 bits per heavy atom. The molecule has 0 aromatic heterocycles. The first-order valence-corrected chi connectivity index (χ1v) is 4.03. The minimum absolute atomic E-state index is 0.452. The highest BCUT2D eigenvalue weighted by Crippen LogP contribution is 2.32. The summed E-state index contributed by atoms with van der Waals surface area (Å²) < 4.78 is 21.8. The van der Waals surface area contributed by atoms with Gasteiger partial charge >= 0.3 is 0 Å². The number of halogens is 1. The van der Waals surface area contributed by atoms with Crippen LogP contribution in [-0.4, -0.2) is 14.0 Å². The van der Waals surface area contributed by atoms with Gasteiger partial charge in [-0.1, -0.05) is 6.07 Å². The summed E-state index contributed by atoms with van der Waals surface area (Å²) in [6.07, 6.45) is 0. The van der Waals surface area contributed by atoms with Gasteiger partial charge in [0.1, 0.15) is 0 Å². The molecule has 0 atom stereocenters. The molecule has 0 aliphatic rings. The number of aryl methyl sites for hydroxylation is 1. The Labute approximate surface area is 77.3 Å². The van der Waals surface area contributed by atoms with Gasteiger partial charge in [-0.15, -0.1) is 0 Å². The molecule has 0 amide bonds. The molecule has 1 rings (SSSR count). The van der Waals surface area contributed by atoms with Gasteiger partial charge < -0.3 is 9.47 Å². The first kappa shape index (κ1) is 9.84. The van der Waals surface area contributed by atoms with Crippen LogP contribution >= 0.6 is 0 Å². The molecule has 1 aromatic carbocycles. The number of benzene rings is 1. The summed E-state index contributed by atoms with van der Waals surface area (Å²) in [5.41, 5.74) is 2.08. The Hall–Kier alpha value is -1.25. The van der Waals surface area contributed by atoms with E-state index < -0.39 is 6.86 Å². The SMILES string of the molecule is COc1c(OCF)ccc(C)c1C. The normalized spacial score (nSPS) is 9.85. The lowest BCUT2D eigenvalue weighted by Gasteiger charge is -2.12. The molecule has 0 heterocycles. The molecule has 0 aliphatic carbocycles. The molecule has 1 aromatic rings. The third kappa shape index (κ3) is 1.91. The van der Waals surface area contributed by atoms with Gasteiger partial charge in [-0.25, -0.2) is 4.39 Å². The summed E-state index contributed by atoms with van der Waals surface area (Å²) in [5.74, 6) is 1.06. The minimum atomic E-state index is -0.834. The molecule has 0 saturated carbocycles. The van der Waals surface area contributed by atoms with Crippen LogP contribution in [0.1, 0.15) is 11.1 Å². The second-order valence-corrected chi connectivity index (χ2v) is 2.79. The van der Waals surface area contributed by atoms with Crippen LogP contribution in [0.5, 0.6) is 11.5 Å². The number of hydrogen-bond acceptors (Lipinski definition) is 2. The largest absolute Gasteiger partial charge is 0.493 e. The van der Waals surface area contributed by atoms with Crippen molar-refractivity contribution >= 4 is 0 Å². The van der Waals surface area contributed by atoms with Crippen LogP contribution in [0.3, 0.4) is 0 Å². The highest BCUT2D eigenvalue weighted by atomic mass is 19.1. The molecule has 13 heavy (non-hydrogen) atoms. The van der Waals surface area contributed by atoms with Crippen molar-refractivity contribution in [2.75, 3.05) is 14.0 Å². The van der Waals surface area contributed by atoms with E-state index in [4.69, 9.17) is 9.47 Å². The van der Waals surface area contributed by atoms with Gasteiger partial charge in [0.15, 0.2) is 11.5 Å². The first-order valence-electron chi connectivity index (χ1n) is 4.03. The van der Waals surface area contributed by atoms with E-state index in [2.05, 4.69) is 0 Å². The predicted octanol–water partition coefficient (Wildman–Crippen LogP) is 2.62. The molecule has 0 spiro atoms. The molecule has 0 unspecified atom stereocenters. The number of rotatable bonds is 3. The van der Waals surface area contributed by atoms with Gasteiger partial charge in [-0.2, -0.15) is 0 Å². The molecule has 0 aliphatic heterocycles. The Bertz CT molecular complexity index is 297. The molecule has 0 bridgehead atoms. The Morgan fingerprint density at radius 2 is 2.00 bits per heavy atom. The maximum Gasteiger partial charge on any atom is 0.228 e. The number of alkyl halides is 1. The fourth-order valence-corrected chi connectivity index (χ4v) is 1.19. The molecule has 0 radical (unpaired) electrons. The maximum atomic E-state index is 11.9. The minimum Gasteiger partial charge on any atom is -0.493 e. The van der Waals surface area contributed by atoms with Gasteiger partial charge in [0.2, 0.25) is 6.86 Å². The van der Waals surface area contributed by atoms with Crippen molar-refractivity contribution in [3.8, 4) is 11.5 Å². The lowest BCUT2D eigenvalue weighted by molar-refractivity contribution is 0.184. The third-order valence-electron chi connectivity index (χ3n) is 2.05. The van der Waals surface area contributed by atoms with Gasteiger partial charge in [-0.05, 0) is 31.0 Å². The predicted molar refractivity (Wildman–Crippen MR) is 49.1 cm³/mol. The van der Waals surface area contributed by atoms with Crippen molar-refractivity contribution in [3.05, 3.63) is 23.3 Å². The van der Waals surface area contributed by atoms with Crippen LogP contribution in [0, 0.1) is 13.8 Å². The van der Waals surface area contributed by atoms with Crippen LogP contribution < -0.4 is 9.47 Å². The summed E-state index contributed by atoms with van der Waals surface area (Å²) in [6, 6.07) is 3.59. The zero-order valence-corrected chi connectivity index (χ0v) is 8.06. The zero-order chi connectivity index (χ0) is 9.84. The maximum absolute atomic E-state index is 11.9. The van der Waals surface area contributed by atoms with Gasteiger partial charge in [-0.3, -0.25) is 0 Å². The molecule has 0 saturated heterocycles. The molecule has 0 N–H and O–H groups in total. The van der Waals surface area contributed by atoms with Crippen molar-refractivity contribution in [2.45, 2.75) is 13.8 Å². The van der Waals surface area contributed by atoms with Crippen LogP contribution in [0.4, 0.5) is 4.39 Å². The van der Waals surface area contributed by atoms with E-state index in [-0.39, 0.29) is 0 Å². The summed E-state index contributed by atoms with van der Waals surface area (Å²) in [7, 11) is 1.55. The highest BCUT2D eigenvalue weighted by molar-refractivity contribution is 5.49. The summed E-state index contributed by atoms with van der Waals surface area (Å²) in [6.45, 7) is 3.05. The van der Waals surface area contributed by atoms with Crippen LogP contribution in [-0.2, 0) is 0 Å². The fraction of sp³-hybridized carbons (Fsp3) is 0.400. The van der Waals surface area contributed by atoms with Crippen molar-refractivity contribution in [1.29, 1.82) is 0 Å². The van der Waals surface area contributed by atoms with Crippen LogP contribution in [0.25, 0.3) is 0 Å². The standard InChI is InChI=1S/C10H13FO2/c1-7-4-5-9(13-6-11)10(12-3)8(7)2/h4-5H,6H2,1-3H3. The smallest absolute Gasteiger partial charge is 0.228 e. The number of ether oxygens (including phenoxy) is 2. The number of methoxy groups -OCH3 is 1. The van der Waals surface area contributed by atoms with Gasteiger partial charge in [0.05, 0.1) is 7.11 Å². The van der Waals surface area contributed by atoms with Gasteiger partial charge in [0, 0.05) is 0 Å². The summed E-state index contributed by atoms with van der Waals surface area (Å²) in [5, 5.41) is 0. The highest BCUT2D eigenvalue weighted by Gasteiger charge is 2.08. The average Bonchev–Trinajstić information content (AvgIpc) is 2.12. The zero-order valence-electron chi connectivity index (χ0n) is 8.06. The second kappa shape index (κ2) is 4.12. The lowest BCUT2D eigenvalue weighted by atomic mass is 10.1. The molecular weight excluding hydrogens is 171 g/mol. The summed E-state index contributed by atoms with van der Waals surface area (Å²) in [4.78, 5) is 0. The van der Waals surface area contributed by atoms with Crippen molar-refractivity contribution in [1.82, 2.24) is 0 Å². The molecule has 72 valence electrons. The first-order chi connectivity index (χ1) is 6.20. The quantitative estimate of drug-likeness (QED) is 0.718. The summed E-state index contributed by atoms with van der Waals surface area (Å²) >= 11 is 0. The van der Waals surface area contributed by atoms with E-state index in [1.807, 2.05) is 19.9 Å². The van der Waals surface area contributed by atoms with Crippen molar-refractivity contribution in [3.63, 3.8) is 0 Å². The van der Waals surface area contributed by atoms with Crippen molar-refractivity contribution in [2.24, 2.45) is 0 Å². The van der Waals surface area contributed by atoms with E-state index in [0.29, 0.717) is 11.5 Å². The Balaban J connectivity index is 3.13. The van der Waals surface area contributed by atoms with Gasteiger partial charge in [0.25, 0.3) is 0 Å². The topological polar surface area (TPSA) is 18.5 Å². The Morgan fingerprint density at radius 3 is 2.54 bits per heavy atom. The van der Waals surface area contributed by atoms with Crippen LogP contribution in [0.15, 0.2) is 12.1 Å². The average molecular weight is 184 g/mol. The van der Waals surface area contributed by atoms with E-state index in [0.717, 1.165) is 11.1 Å². The third-order valence-corrected chi connectivity index (χ3v) is 2.05. The van der Waals surface area contributed by atoms with E-state index in [1.54, 1.807) is 13.2 Å². The molecule has 3 heteroatoms. The van der Waals surface area contributed by atoms with Crippen LogP contribution in [0.2, 0.25) is 0 Å². The second-order valence-electron chi connectivity index (χ2n) is 2.79. The number of hydrogen-bond donors (Lipinski definition) is 0. The molecule has 2 nitrogen and oxygen atoms in total. The monoisotopic (exact) mass is 184 g/mol. The van der Waals surface area contributed by atoms with Crippen molar-refractivity contribution < 1.29 is 13.9 Å². The Kier molecular flexibility index (Phi) is 3.12. The lowest BCUT2D eigenvalue weighted by Crippen LogP contribution is -1.97. The molecular formula is C10H13FO2. The van der Waals surface area contributed by atoms with E-state index in [1.165, 1.54) is 0 Å². The van der Waals surface area contributed by atoms with E-state index in [9.17, 15) is 4.39 Å². The van der Waals surface area contributed by atoms with E-state index >= 15 is 0 Å². The molecule has 0 fully saturated rings.